The molecule has 5 nitrogen and oxygen atoms in total. The molecule has 0 aromatic carbocycles. The van der Waals surface area contributed by atoms with Crippen molar-refractivity contribution in [1.29, 1.82) is 0 Å². The maximum atomic E-state index is 4.34. The molecule has 0 aliphatic heterocycles. The minimum atomic E-state index is 0.470. The summed E-state index contributed by atoms with van der Waals surface area (Å²) in [4.78, 5) is 10.6. The van der Waals surface area contributed by atoms with E-state index in [1.807, 2.05) is 13.0 Å². The van der Waals surface area contributed by atoms with Gasteiger partial charge in [-0.1, -0.05) is 0 Å². The third-order valence-electron chi connectivity index (χ3n) is 2.45. The lowest BCUT2D eigenvalue weighted by molar-refractivity contribution is 0.326. The van der Waals surface area contributed by atoms with E-state index in [9.17, 15) is 0 Å². The molecule has 0 aliphatic rings. The smallest absolute Gasteiger partial charge is 0.224 e. The Kier molecular flexibility index (Phi) is 4.98. The fraction of sp³-hybridized carbons (Fsp3) is 0.636. The molecule has 5 heteroatoms. The Hall–Kier alpha value is -1.36. The minimum absolute atomic E-state index is 0.470. The highest BCUT2D eigenvalue weighted by Crippen LogP contribution is 2.05. The molecule has 1 rings (SSSR count). The van der Waals surface area contributed by atoms with Crippen LogP contribution in [-0.2, 0) is 0 Å². The molecule has 1 heterocycles. The number of nitrogens with zero attached hydrogens (tertiary/aromatic N) is 3. The highest BCUT2D eigenvalue weighted by atomic mass is 15.2. The van der Waals surface area contributed by atoms with Crippen molar-refractivity contribution in [3.05, 3.63) is 12.3 Å². The second-order valence-corrected chi connectivity index (χ2v) is 3.99. The van der Waals surface area contributed by atoms with Crippen molar-refractivity contribution in [2.75, 3.05) is 37.8 Å². The molecule has 0 saturated carbocycles. The Balaban J connectivity index is 2.50. The quantitative estimate of drug-likeness (QED) is 0.760. The summed E-state index contributed by atoms with van der Waals surface area (Å²) in [5.41, 5.74) is 0. The van der Waals surface area contributed by atoms with Gasteiger partial charge in [0, 0.05) is 25.3 Å². The van der Waals surface area contributed by atoms with Gasteiger partial charge in [0.1, 0.15) is 5.82 Å². The van der Waals surface area contributed by atoms with Crippen LogP contribution in [0.25, 0.3) is 0 Å². The molecule has 0 saturated heterocycles. The van der Waals surface area contributed by atoms with Gasteiger partial charge in [0.05, 0.1) is 0 Å². The van der Waals surface area contributed by atoms with Crippen LogP contribution in [-0.4, -0.2) is 48.1 Å². The zero-order valence-electron chi connectivity index (χ0n) is 10.5. The van der Waals surface area contributed by atoms with Gasteiger partial charge in [-0.25, -0.2) is 4.98 Å². The normalized spacial score (nSPS) is 12.6. The van der Waals surface area contributed by atoms with Crippen LogP contribution in [0.5, 0.6) is 0 Å². The molecule has 0 radical (unpaired) electrons. The van der Waals surface area contributed by atoms with Crippen LogP contribution in [0.15, 0.2) is 12.3 Å². The Morgan fingerprint density at radius 3 is 2.75 bits per heavy atom. The lowest BCUT2D eigenvalue weighted by Crippen LogP contribution is -2.31. The highest BCUT2D eigenvalue weighted by molar-refractivity contribution is 5.39. The van der Waals surface area contributed by atoms with E-state index in [0.717, 1.165) is 18.9 Å². The van der Waals surface area contributed by atoms with E-state index in [2.05, 4.69) is 46.5 Å². The first-order valence-electron chi connectivity index (χ1n) is 5.60. The lowest BCUT2D eigenvalue weighted by atomic mass is 10.3. The molecular weight excluding hydrogens is 202 g/mol. The minimum Gasteiger partial charge on any atom is -0.368 e. The van der Waals surface area contributed by atoms with Gasteiger partial charge < -0.3 is 15.5 Å². The van der Waals surface area contributed by atoms with Crippen molar-refractivity contribution in [2.24, 2.45) is 0 Å². The van der Waals surface area contributed by atoms with Crippen LogP contribution >= 0.6 is 0 Å². The molecule has 2 N–H and O–H groups in total. The first kappa shape index (κ1) is 12.7. The number of anilines is 2. The maximum absolute atomic E-state index is 4.34. The van der Waals surface area contributed by atoms with Gasteiger partial charge in [-0.15, -0.1) is 0 Å². The Morgan fingerprint density at radius 1 is 1.38 bits per heavy atom. The summed E-state index contributed by atoms with van der Waals surface area (Å²) < 4.78 is 0. The SMILES string of the molecule is CCNc1nccc(NCC(C)N(C)C)n1. The summed E-state index contributed by atoms with van der Waals surface area (Å²) in [5, 5.41) is 6.38. The summed E-state index contributed by atoms with van der Waals surface area (Å²) in [7, 11) is 4.13. The molecule has 0 aliphatic carbocycles. The maximum Gasteiger partial charge on any atom is 0.224 e. The van der Waals surface area contributed by atoms with Gasteiger partial charge in [0.25, 0.3) is 0 Å². The summed E-state index contributed by atoms with van der Waals surface area (Å²) >= 11 is 0. The number of hydrogen-bond donors (Lipinski definition) is 2. The molecule has 1 aromatic rings. The zero-order chi connectivity index (χ0) is 12.0. The summed E-state index contributed by atoms with van der Waals surface area (Å²) in [5.74, 6) is 1.53. The van der Waals surface area contributed by atoms with Gasteiger partial charge in [0.15, 0.2) is 0 Å². The van der Waals surface area contributed by atoms with Crippen molar-refractivity contribution in [1.82, 2.24) is 14.9 Å². The monoisotopic (exact) mass is 223 g/mol. The van der Waals surface area contributed by atoms with E-state index in [0.29, 0.717) is 12.0 Å². The first-order chi connectivity index (χ1) is 7.63. The van der Waals surface area contributed by atoms with Crippen LogP contribution in [0.4, 0.5) is 11.8 Å². The standard InChI is InChI=1S/C11H21N5/c1-5-12-11-13-7-6-10(15-11)14-8-9(2)16(3)4/h6-7,9H,5,8H2,1-4H3,(H2,12,13,14,15). The number of likely N-dealkylation sites (N-methyl/N-ethyl adjacent to an activating group) is 1. The Labute approximate surface area is 97.3 Å². The van der Waals surface area contributed by atoms with Crippen molar-refractivity contribution in [3.8, 4) is 0 Å². The van der Waals surface area contributed by atoms with Gasteiger partial charge in [-0.2, -0.15) is 4.98 Å². The molecule has 1 atom stereocenters. The molecule has 16 heavy (non-hydrogen) atoms. The van der Waals surface area contributed by atoms with Crippen molar-refractivity contribution < 1.29 is 0 Å². The van der Waals surface area contributed by atoms with Gasteiger partial charge >= 0.3 is 0 Å². The van der Waals surface area contributed by atoms with Crippen LogP contribution < -0.4 is 10.6 Å². The molecule has 1 unspecified atom stereocenters. The van der Waals surface area contributed by atoms with Crippen LogP contribution in [0.1, 0.15) is 13.8 Å². The zero-order valence-corrected chi connectivity index (χ0v) is 10.5. The van der Waals surface area contributed by atoms with E-state index >= 15 is 0 Å². The predicted molar refractivity (Wildman–Crippen MR) is 67.8 cm³/mol. The van der Waals surface area contributed by atoms with Gasteiger partial charge in [-0.05, 0) is 34.0 Å². The predicted octanol–water partition coefficient (Wildman–Crippen LogP) is 1.27. The molecule has 0 fully saturated rings. The Bertz CT molecular complexity index is 313. The fourth-order valence-corrected chi connectivity index (χ4v) is 1.14. The van der Waals surface area contributed by atoms with E-state index in [-0.39, 0.29) is 0 Å². The molecular formula is C11H21N5. The molecule has 0 amide bonds. The van der Waals surface area contributed by atoms with Crippen LogP contribution in [0, 0.1) is 0 Å². The molecule has 0 bridgehead atoms. The van der Waals surface area contributed by atoms with Gasteiger partial charge in [0.2, 0.25) is 5.95 Å². The van der Waals surface area contributed by atoms with Crippen molar-refractivity contribution >= 4 is 11.8 Å². The van der Waals surface area contributed by atoms with E-state index in [1.54, 1.807) is 6.20 Å². The molecule has 0 spiro atoms. The van der Waals surface area contributed by atoms with Crippen LogP contribution in [0.2, 0.25) is 0 Å². The second-order valence-electron chi connectivity index (χ2n) is 3.99. The lowest BCUT2D eigenvalue weighted by Gasteiger charge is -2.20. The van der Waals surface area contributed by atoms with E-state index < -0.39 is 0 Å². The summed E-state index contributed by atoms with van der Waals surface area (Å²) in [6.07, 6.45) is 1.76. The number of nitrogens with one attached hydrogen (secondary N) is 2. The molecule has 1 aromatic heterocycles. The Morgan fingerprint density at radius 2 is 2.12 bits per heavy atom. The van der Waals surface area contributed by atoms with Crippen molar-refractivity contribution in [3.63, 3.8) is 0 Å². The average molecular weight is 223 g/mol. The third-order valence-corrected chi connectivity index (χ3v) is 2.45. The topological polar surface area (TPSA) is 53.1 Å². The third kappa shape index (κ3) is 4.02. The fourth-order valence-electron chi connectivity index (χ4n) is 1.14. The highest BCUT2D eigenvalue weighted by Gasteiger charge is 2.04. The van der Waals surface area contributed by atoms with Crippen molar-refractivity contribution in [2.45, 2.75) is 19.9 Å². The van der Waals surface area contributed by atoms with E-state index in [4.69, 9.17) is 0 Å². The largest absolute Gasteiger partial charge is 0.368 e. The number of hydrogen-bond acceptors (Lipinski definition) is 5. The average Bonchev–Trinajstić information content (AvgIpc) is 2.26. The summed E-state index contributed by atoms with van der Waals surface area (Å²) in [6.45, 7) is 5.89. The van der Waals surface area contributed by atoms with Crippen LogP contribution in [0.3, 0.4) is 0 Å². The number of aromatic nitrogens is 2. The van der Waals surface area contributed by atoms with Gasteiger partial charge in [-0.3, -0.25) is 0 Å². The first-order valence-corrected chi connectivity index (χ1v) is 5.60. The van der Waals surface area contributed by atoms with E-state index in [1.165, 1.54) is 0 Å². The molecule has 90 valence electrons. The number of rotatable bonds is 6. The summed E-state index contributed by atoms with van der Waals surface area (Å²) in [6, 6.07) is 2.35. The second kappa shape index (κ2) is 6.27.